The van der Waals surface area contributed by atoms with Gasteiger partial charge in [-0.2, -0.15) is 5.48 Å². The molecule has 0 bridgehead atoms. The molecule has 1 atom stereocenters. The van der Waals surface area contributed by atoms with Crippen LogP contribution in [0.1, 0.15) is 6.42 Å². The maximum absolute atomic E-state index is 10.8. The summed E-state index contributed by atoms with van der Waals surface area (Å²) in [6.45, 7) is 3.33. The fourth-order valence-corrected chi connectivity index (χ4v) is 0.622. The number of amides is 1. The molecule has 0 aromatic carbocycles. The summed E-state index contributed by atoms with van der Waals surface area (Å²) in [6, 6.07) is 0. The molecule has 1 amide bonds. The van der Waals surface area contributed by atoms with Gasteiger partial charge < -0.3 is 20.4 Å². The molecule has 4 N–H and O–H groups in total. The van der Waals surface area contributed by atoms with E-state index in [0.717, 1.165) is 0 Å². The second-order valence-electron chi connectivity index (χ2n) is 2.31. The number of hydrogen-bond donors (Lipinski definition) is 4. The Labute approximate surface area is 80.3 Å². The van der Waals surface area contributed by atoms with Gasteiger partial charge in [-0.25, -0.2) is 4.79 Å². The zero-order valence-corrected chi connectivity index (χ0v) is 7.40. The zero-order chi connectivity index (χ0) is 11.0. The molecule has 0 saturated carbocycles. The molecule has 0 rings (SSSR count). The molecule has 0 aromatic heterocycles. The molecule has 14 heavy (non-hydrogen) atoms. The van der Waals surface area contributed by atoms with E-state index in [9.17, 15) is 9.59 Å². The molecule has 7 nitrogen and oxygen atoms in total. The van der Waals surface area contributed by atoms with Gasteiger partial charge in [-0.15, -0.1) is 0 Å². The van der Waals surface area contributed by atoms with E-state index >= 15 is 0 Å². The highest BCUT2D eigenvalue weighted by Crippen LogP contribution is 1.88. The fraction of sp³-hybridized carbons (Fsp3) is 0.429. The summed E-state index contributed by atoms with van der Waals surface area (Å²) in [5, 5.41) is 18.9. The van der Waals surface area contributed by atoms with Crippen LogP contribution < -0.4 is 10.8 Å². The number of rotatable bonds is 6. The number of nitrogens with one attached hydrogen (secondary N) is 2. The number of carbonyl (C=O) groups excluding carboxylic acids is 1. The standard InChI is InChI=1S/C7H12N2O5/c1-2-3-14-7(12)8-5(9-13)4-6(10)11/h2,5,9,13H,1,3-4H2,(H,8,12)(H,10,11)/t5-/m0/s1. The molecule has 0 radical (unpaired) electrons. The van der Waals surface area contributed by atoms with Crippen LogP contribution in [0, 0.1) is 0 Å². The van der Waals surface area contributed by atoms with Gasteiger partial charge in [0.1, 0.15) is 12.8 Å². The van der Waals surface area contributed by atoms with Crippen molar-refractivity contribution in [1.82, 2.24) is 10.8 Å². The van der Waals surface area contributed by atoms with E-state index < -0.39 is 24.6 Å². The van der Waals surface area contributed by atoms with Crippen LogP contribution in [0.3, 0.4) is 0 Å². The summed E-state index contributed by atoms with van der Waals surface area (Å²) < 4.78 is 4.49. The predicted molar refractivity (Wildman–Crippen MR) is 45.6 cm³/mol. The average Bonchev–Trinajstić information content (AvgIpc) is 2.12. The molecule has 0 aliphatic heterocycles. The van der Waals surface area contributed by atoms with E-state index in [4.69, 9.17) is 10.3 Å². The SMILES string of the molecule is C=CCOC(=O)N[C@H](CC(=O)O)NO. The second-order valence-corrected chi connectivity index (χ2v) is 2.31. The highest BCUT2D eigenvalue weighted by atomic mass is 16.5. The molecule has 80 valence electrons. The third-order valence-electron chi connectivity index (χ3n) is 1.16. The Kier molecular flexibility index (Phi) is 6.08. The lowest BCUT2D eigenvalue weighted by Gasteiger charge is -2.13. The normalized spacial score (nSPS) is 11.5. The minimum absolute atomic E-state index is 0.0110. The topological polar surface area (TPSA) is 108 Å². The van der Waals surface area contributed by atoms with Crippen LogP contribution in [-0.4, -0.2) is 35.1 Å². The van der Waals surface area contributed by atoms with Crippen molar-refractivity contribution in [2.75, 3.05) is 6.61 Å². The number of hydroxylamine groups is 1. The zero-order valence-electron chi connectivity index (χ0n) is 7.40. The van der Waals surface area contributed by atoms with Crippen LogP contribution in [0.15, 0.2) is 12.7 Å². The van der Waals surface area contributed by atoms with Crippen LogP contribution in [0.2, 0.25) is 0 Å². The van der Waals surface area contributed by atoms with Gasteiger partial charge in [0.2, 0.25) is 0 Å². The van der Waals surface area contributed by atoms with Crippen molar-refractivity contribution in [2.45, 2.75) is 12.6 Å². The predicted octanol–water partition coefficient (Wildman–Crippen LogP) is -0.322. The quantitative estimate of drug-likeness (QED) is 0.268. The number of carbonyl (C=O) groups is 2. The van der Waals surface area contributed by atoms with Crippen LogP contribution in [-0.2, 0) is 9.53 Å². The first-order chi connectivity index (χ1) is 6.60. The lowest BCUT2D eigenvalue weighted by Crippen LogP contribution is -2.45. The Hall–Kier alpha value is -1.60. The summed E-state index contributed by atoms with van der Waals surface area (Å²) >= 11 is 0. The van der Waals surface area contributed by atoms with Gasteiger partial charge in [-0.3, -0.25) is 4.79 Å². The first kappa shape index (κ1) is 12.4. The maximum Gasteiger partial charge on any atom is 0.408 e. The molecule has 0 heterocycles. The van der Waals surface area contributed by atoms with Gasteiger partial charge >= 0.3 is 12.1 Å². The Balaban J connectivity index is 3.85. The van der Waals surface area contributed by atoms with Gasteiger partial charge in [0.25, 0.3) is 0 Å². The minimum atomic E-state index is -1.17. The molecule has 0 aliphatic carbocycles. The first-order valence-corrected chi connectivity index (χ1v) is 3.75. The first-order valence-electron chi connectivity index (χ1n) is 3.75. The molecule has 0 aromatic rings. The Morgan fingerprint density at radius 3 is 2.64 bits per heavy atom. The number of ether oxygens (including phenoxy) is 1. The number of aliphatic carboxylic acids is 1. The average molecular weight is 204 g/mol. The van der Waals surface area contributed by atoms with Crippen molar-refractivity contribution in [3.63, 3.8) is 0 Å². The van der Waals surface area contributed by atoms with E-state index in [1.165, 1.54) is 6.08 Å². The Morgan fingerprint density at radius 1 is 1.57 bits per heavy atom. The highest BCUT2D eigenvalue weighted by molar-refractivity contribution is 5.71. The van der Waals surface area contributed by atoms with E-state index in [2.05, 4.69) is 16.6 Å². The van der Waals surface area contributed by atoms with E-state index in [0.29, 0.717) is 0 Å². The molecule has 0 unspecified atom stereocenters. The van der Waals surface area contributed by atoms with Gasteiger partial charge in [-0.05, 0) is 0 Å². The molecule has 0 fully saturated rings. The van der Waals surface area contributed by atoms with Crippen molar-refractivity contribution < 1.29 is 24.6 Å². The van der Waals surface area contributed by atoms with Crippen LogP contribution >= 0.6 is 0 Å². The fourth-order valence-electron chi connectivity index (χ4n) is 0.622. The number of carboxylic acid groups (broad SMARTS) is 1. The van der Waals surface area contributed by atoms with Gasteiger partial charge in [0, 0.05) is 0 Å². The van der Waals surface area contributed by atoms with E-state index in [1.807, 2.05) is 0 Å². The monoisotopic (exact) mass is 204 g/mol. The molecular formula is C7H12N2O5. The van der Waals surface area contributed by atoms with Crippen LogP contribution in [0.4, 0.5) is 4.79 Å². The van der Waals surface area contributed by atoms with Crippen molar-refractivity contribution in [2.24, 2.45) is 0 Å². The third-order valence-corrected chi connectivity index (χ3v) is 1.16. The molecule has 0 aliphatic rings. The third kappa shape index (κ3) is 5.98. The second kappa shape index (κ2) is 6.87. The summed E-state index contributed by atoms with van der Waals surface area (Å²) in [7, 11) is 0. The molecular weight excluding hydrogens is 192 g/mol. The summed E-state index contributed by atoms with van der Waals surface area (Å²) in [5.74, 6) is -1.17. The summed E-state index contributed by atoms with van der Waals surface area (Å²) in [6.07, 6.45) is -1.01. The van der Waals surface area contributed by atoms with Crippen molar-refractivity contribution >= 4 is 12.1 Å². The van der Waals surface area contributed by atoms with E-state index in [1.54, 1.807) is 5.48 Å². The van der Waals surface area contributed by atoms with Gasteiger partial charge in [0.15, 0.2) is 0 Å². The van der Waals surface area contributed by atoms with Crippen molar-refractivity contribution in [3.05, 3.63) is 12.7 Å². The largest absolute Gasteiger partial charge is 0.481 e. The van der Waals surface area contributed by atoms with E-state index in [-0.39, 0.29) is 6.61 Å². The molecule has 0 spiro atoms. The Morgan fingerprint density at radius 2 is 2.21 bits per heavy atom. The lowest BCUT2D eigenvalue weighted by molar-refractivity contribution is -0.138. The summed E-state index contributed by atoms with van der Waals surface area (Å²) in [5.41, 5.74) is 1.62. The lowest BCUT2D eigenvalue weighted by atomic mass is 10.3. The van der Waals surface area contributed by atoms with Crippen LogP contribution in [0.5, 0.6) is 0 Å². The van der Waals surface area contributed by atoms with Crippen LogP contribution in [0.25, 0.3) is 0 Å². The number of hydrogen-bond acceptors (Lipinski definition) is 5. The van der Waals surface area contributed by atoms with Gasteiger partial charge in [0.05, 0.1) is 6.42 Å². The highest BCUT2D eigenvalue weighted by Gasteiger charge is 2.14. The Bertz CT molecular complexity index is 218. The van der Waals surface area contributed by atoms with Crippen molar-refractivity contribution in [1.29, 1.82) is 0 Å². The smallest absolute Gasteiger partial charge is 0.408 e. The molecule has 7 heteroatoms. The van der Waals surface area contributed by atoms with Crippen molar-refractivity contribution in [3.8, 4) is 0 Å². The van der Waals surface area contributed by atoms with Gasteiger partial charge in [-0.1, -0.05) is 12.7 Å². The molecule has 0 saturated heterocycles. The number of carboxylic acids is 1. The minimum Gasteiger partial charge on any atom is -0.481 e. The maximum atomic E-state index is 10.8. The number of alkyl carbamates (subject to hydrolysis) is 1. The summed E-state index contributed by atoms with van der Waals surface area (Å²) in [4.78, 5) is 21.0.